The van der Waals surface area contributed by atoms with Crippen LogP contribution in [0.2, 0.25) is 0 Å². The lowest BCUT2D eigenvalue weighted by atomic mass is 10.2. The van der Waals surface area contributed by atoms with E-state index in [1.165, 1.54) is 7.11 Å². The molecule has 16 heavy (non-hydrogen) atoms. The van der Waals surface area contributed by atoms with Gasteiger partial charge < -0.3 is 9.30 Å². The lowest BCUT2D eigenvalue weighted by Gasteiger charge is -2.05. The van der Waals surface area contributed by atoms with Gasteiger partial charge in [0.05, 0.1) is 7.11 Å². The summed E-state index contributed by atoms with van der Waals surface area (Å²) in [6.07, 6.45) is 7.16. The van der Waals surface area contributed by atoms with Crippen LogP contribution < -0.4 is 0 Å². The SMILES string of the molecule is CCC(=CCn1ccnc1CC)C(=O)OC. The Bertz CT molecular complexity index is 380. The summed E-state index contributed by atoms with van der Waals surface area (Å²) >= 11 is 0. The predicted octanol–water partition coefficient (Wildman–Crippen LogP) is 1.95. The van der Waals surface area contributed by atoms with Gasteiger partial charge in [0.25, 0.3) is 0 Å². The third-order valence-corrected chi connectivity index (χ3v) is 2.48. The Morgan fingerprint density at radius 1 is 1.56 bits per heavy atom. The number of aryl methyl sites for hydroxylation is 1. The van der Waals surface area contributed by atoms with Crippen molar-refractivity contribution in [1.29, 1.82) is 0 Å². The molecule has 0 spiro atoms. The van der Waals surface area contributed by atoms with Crippen LogP contribution in [0.5, 0.6) is 0 Å². The molecule has 0 saturated carbocycles. The number of nitrogens with zero attached hydrogens (tertiary/aromatic N) is 2. The smallest absolute Gasteiger partial charge is 0.333 e. The molecule has 4 nitrogen and oxygen atoms in total. The van der Waals surface area contributed by atoms with Crippen molar-refractivity contribution in [3.05, 3.63) is 29.9 Å². The standard InChI is InChI=1S/C12H18N2O2/c1-4-10(12(15)16-3)6-8-14-9-7-13-11(14)5-2/h6-7,9H,4-5,8H2,1-3H3. The van der Waals surface area contributed by atoms with Crippen LogP contribution in [-0.2, 0) is 22.5 Å². The first-order chi connectivity index (χ1) is 7.72. The van der Waals surface area contributed by atoms with E-state index in [4.69, 9.17) is 4.74 Å². The molecule has 0 radical (unpaired) electrons. The minimum absolute atomic E-state index is 0.249. The van der Waals surface area contributed by atoms with Gasteiger partial charge in [0.15, 0.2) is 0 Å². The number of carbonyl (C=O) groups is 1. The number of ether oxygens (including phenoxy) is 1. The molecule has 0 bridgehead atoms. The Balaban J connectivity index is 2.74. The van der Waals surface area contributed by atoms with Crippen molar-refractivity contribution < 1.29 is 9.53 Å². The molecule has 0 unspecified atom stereocenters. The lowest BCUT2D eigenvalue weighted by Crippen LogP contribution is -2.06. The molecule has 0 fully saturated rings. The average Bonchev–Trinajstić information content (AvgIpc) is 2.76. The molecule has 0 amide bonds. The van der Waals surface area contributed by atoms with Crippen LogP contribution >= 0.6 is 0 Å². The highest BCUT2D eigenvalue weighted by molar-refractivity contribution is 5.88. The highest BCUT2D eigenvalue weighted by Gasteiger charge is 2.06. The molecule has 0 aliphatic heterocycles. The van der Waals surface area contributed by atoms with Gasteiger partial charge in [0.2, 0.25) is 0 Å². The number of esters is 1. The van der Waals surface area contributed by atoms with Gasteiger partial charge in [-0.15, -0.1) is 0 Å². The summed E-state index contributed by atoms with van der Waals surface area (Å²) < 4.78 is 6.72. The predicted molar refractivity (Wildman–Crippen MR) is 62.0 cm³/mol. The van der Waals surface area contributed by atoms with Crippen LogP contribution in [-0.4, -0.2) is 22.6 Å². The summed E-state index contributed by atoms with van der Waals surface area (Å²) in [5.74, 6) is 0.775. The van der Waals surface area contributed by atoms with E-state index in [9.17, 15) is 4.79 Å². The number of hydrogen-bond acceptors (Lipinski definition) is 3. The zero-order valence-electron chi connectivity index (χ0n) is 10.1. The second-order valence-electron chi connectivity index (χ2n) is 3.42. The summed E-state index contributed by atoms with van der Waals surface area (Å²) in [4.78, 5) is 15.6. The number of rotatable bonds is 5. The molecule has 1 aromatic rings. The third kappa shape index (κ3) is 2.95. The molecule has 0 aliphatic carbocycles. The number of hydrogen-bond donors (Lipinski definition) is 0. The minimum Gasteiger partial charge on any atom is -0.466 e. The molecule has 0 atom stereocenters. The maximum absolute atomic E-state index is 11.3. The highest BCUT2D eigenvalue weighted by Crippen LogP contribution is 2.05. The van der Waals surface area contributed by atoms with Gasteiger partial charge in [-0.05, 0) is 6.42 Å². The molecule has 1 aromatic heterocycles. The van der Waals surface area contributed by atoms with Crippen molar-refractivity contribution in [2.75, 3.05) is 7.11 Å². The number of allylic oxidation sites excluding steroid dienone is 1. The molecule has 0 aromatic carbocycles. The van der Waals surface area contributed by atoms with Crippen molar-refractivity contribution in [3.63, 3.8) is 0 Å². The van der Waals surface area contributed by atoms with E-state index in [-0.39, 0.29) is 5.97 Å². The van der Waals surface area contributed by atoms with Crippen LogP contribution in [0.15, 0.2) is 24.0 Å². The molecule has 88 valence electrons. The fraction of sp³-hybridized carbons (Fsp3) is 0.500. The Kier molecular flexibility index (Phi) is 4.76. The lowest BCUT2D eigenvalue weighted by molar-refractivity contribution is -0.136. The van der Waals surface area contributed by atoms with E-state index < -0.39 is 0 Å². The fourth-order valence-electron chi connectivity index (χ4n) is 1.53. The zero-order valence-corrected chi connectivity index (χ0v) is 10.1. The van der Waals surface area contributed by atoms with Crippen LogP contribution in [0.4, 0.5) is 0 Å². The second-order valence-corrected chi connectivity index (χ2v) is 3.42. The van der Waals surface area contributed by atoms with Crippen LogP contribution in [0.3, 0.4) is 0 Å². The molecule has 0 aliphatic rings. The first-order valence-electron chi connectivity index (χ1n) is 5.50. The van der Waals surface area contributed by atoms with E-state index in [0.717, 1.165) is 12.2 Å². The monoisotopic (exact) mass is 222 g/mol. The quantitative estimate of drug-likeness (QED) is 0.565. The normalized spacial score (nSPS) is 11.6. The maximum atomic E-state index is 11.3. The Labute approximate surface area is 95.9 Å². The first kappa shape index (κ1) is 12.5. The summed E-state index contributed by atoms with van der Waals surface area (Å²) in [5, 5.41) is 0. The average molecular weight is 222 g/mol. The number of imidazole rings is 1. The van der Waals surface area contributed by atoms with Gasteiger partial charge in [-0.3, -0.25) is 0 Å². The largest absolute Gasteiger partial charge is 0.466 e. The fourth-order valence-corrected chi connectivity index (χ4v) is 1.53. The van der Waals surface area contributed by atoms with Gasteiger partial charge in [0.1, 0.15) is 5.82 Å². The van der Waals surface area contributed by atoms with Crippen molar-refractivity contribution in [3.8, 4) is 0 Å². The molecular weight excluding hydrogens is 204 g/mol. The number of aromatic nitrogens is 2. The van der Waals surface area contributed by atoms with Gasteiger partial charge in [-0.1, -0.05) is 19.9 Å². The van der Waals surface area contributed by atoms with Crippen molar-refractivity contribution in [1.82, 2.24) is 9.55 Å². The highest BCUT2D eigenvalue weighted by atomic mass is 16.5. The van der Waals surface area contributed by atoms with Crippen LogP contribution in [0.1, 0.15) is 26.1 Å². The Morgan fingerprint density at radius 3 is 2.88 bits per heavy atom. The molecule has 1 heterocycles. The van der Waals surface area contributed by atoms with E-state index in [2.05, 4.69) is 11.9 Å². The Morgan fingerprint density at radius 2 is 2.31 bits per heavy atom. The van der Waals surface area contributed by atoms with Crippen LogP contribution in [0, 0.1) is 0 Å². The molecule has 4 heteroatoms. The minimum atomic E-state index is -0.249. The maximum Gasteiger partial charge on any atom is 0.333 e. The van der Waals surface area contributed by atoms with Crippen LogP contribution in [0.25, 0.3) is 0 Å². The van der Waals surface area contributed by atoms with Gasteiger partial charge in [-0.25, -0.2) is 9.78 Å². The number of carbonyl (C=O) groups excluding carboxylic acids is 1. The Hall–Kier alpha value is -1.58. The van der Waals surface area contributed by atoms with Crippen molar-refractivity contribution in [2.24, 2.45) is 0 Å². The summed E-state index contributed by atoms with van der Waals surface area (Å²) in [6.45, 7) is 4.67. The molecule has 1 rings (SSSR count). The second kappa shape index (κ2) is 6.10. The topological polar surface area (TPSA) is 44.1 Å². The van der Waals surface area contributed by atoms with Gasteiger partial charge in [-0.2, -0.15) is 0 Å². The molecule has 0 N–H and O–H groups in total. The first-order valence-corrected chi connectivity index (χ1v) is 5.50. The van der Waals surface area contributed by atoms with E-state index in [1.807, 2.05) is 23.8 Å². The third-order valence-electron chi connectivity index (χ3n) is 2.48. The van der Waals surface area contributed by atoms with Gasteiger partial charge >= 0.3 is 5.97 Å². The van der Waals surface area contributed by atoms with Gasteiger partial charge in [0, 0.05) is 30.9 Å². The van der Waals surface area contributed by atoms with E-state index >= 15 is 0 Å². The summed E-state index contributed by atoms with van der Waals surface area (Å²) in [6, 6.07) is 0. The van der Waals surface area contributed by atoms with Crippen molar-refractivity contribution in [2.45, 2.75) is 33.2 Å². The van der Waals surface area contributed by atoms with E-state index in [1.54, 1.807) is 6.20 Å². The molecule has 0 saturated heterocycles. The summed E-state index contributed by atoms with van der Waals surface area (Å²) in [5.41, 5.74) is 0.707. The number of methoxy groups -OCH3 is 1. The zero-order chi connectivity index (χ0) is 12.0. The summed E-state index contributed by atoms with van der Waals surface area (Å²) in [7, 11) is 1.40. The van der Waals surface area contributed by atoms with Crippen molar-refractivity contribution >= 4 is 5.97 Å². The molecular formula is C12H18N2O2. The van der Waals surface area contributed by atoms with E-state index in [0.29, 0.717) is 18.5 Å².